The van der Waals surface area contributed by atoms with Crippen LogP contribution in [0.1, 0.15) is 68.2 Å². The van der Waals surface area contributed by atoms with E-state index in [0.29, 0.717) is 22.6 Å². The second-order valence-electron chi connectivity index (χ2n) is 6.84. The molecule has 0 aliphatic heterocycles. The van der Waals surface area contributed by atoms with Crippen molar-refractivity contribution in [2.24, 2.45) is 0 Å². The van der Waals surface area contributed by atoms with Crippen molar-refractivity contribution in [3.05, 3.63) is 59.7 Å². The van der Waals surface area contributed by atoms with Crippen molar-refractivity contribution < 1.29 is 24.1 Å². The lowest BCUT2D eigenvalue weighted by molar-refractivity contribution is -0.136. The van der Waals surface area contributed by atoms with Gasteiger partial charge in [0.15, 0.2) is 6.29 Å². The molecule has 5 nitrogen and oxygen atoms in total. The zero-order valence-corrected chi connectivity index (χ0v) is 16.9. The highest BCUT2D eigenvalue weighted by Crippen LogP contribution is 2.22. The molecular formula is C23H30O5. The average Bonchev–Trinajstić information content (AvgIpc) is 2.71. The molecule has 0 aliphatic rings. The van der Waals surface area contributed by atoms with Crippen LogP contribution in [-0.2, 0) is 4.74 Å². The number of methoxy groups -OCH3 is 1. The van der Waals surface area contributed by atoms with Gasteiger partial charge in [0.2, 0.25) is 0 Å². The zero-order valence-electron chi connectivity index (χ0n) is 16.9. The largest absolute Gasteiger partial charge is 0.497 e. The summed E-state index contributed by atoms with van der Waals surface area (Å²) in [5, 5.41) is 10.3. The highest BCUT2D eigenvalue weighted by molar-refractivity contribution is 5.91. The number of aliphatic hydroxyl groups is 1. The summed E-state index contributed by atoms with van der Waals surface area (Å²) < 4.78 is 16.1. The van der Waals surface area contributed by atoms with Crippen molar-refractivity contribution >= 4 is 5.97 Å². The van der Waals surface area contributed by atoms with Gasteiger partial charge in [0.05, 0.1) is 18.8 Å². The number of hydrogen-bond acceptors (Lipinski definition) is 5. The maximum atomic E-state index is 12.2. The first-order valence-corrected chi connectivity index (χ1v) is 9.83. The molecule has 0 bridgehead atoms. The minimum atomic E-state index is -0.993. The highest BCUT2D eigenvalue weighted by Gasteiger charge is 2.14. The van der Waals surface area contributed by atoms with E-state index in [9.17, 15) is 9.90 Å². The van der Waals surface area contributed by atoms with Crippen LogP contribution in [-0.4, -0.2) is 24.3 Å². The summed E-state index contributed by atoms with van der Waals surface area (Å²) in [5.74, 6) is 0.631. The minimum absolute atomic E-state index is 0.0144. The predicted octanol–water partition coefficient (Wildman–Crippen LogP) is 5.28. The Hall–Kier alpha value is -2.37. The van der Waals surface area contributed by atoms with Crippen LogP contribution in [0.2, 0.25) is 0 Å². The normalized spacial score (nSPS) is 13.0. The Morgan fingerprint density at radius 1 is 0.964 bits per heavy atom. The molecule has 0 radical (unpaired) electrons. The molecule has 0 aliphatic carbocycles. The SMILES string of the molecule is CCCCCCC(C)OC(O)c1ccc(OC(=O)c2ccc(OC)cc2)cc1. The number of unbranched alkanes of at least 4 members (excludes halogenated alkanes) is 3. The molecular weight excluding hydrogens is 356 g/mol. The average molecular weight is 386 g/mol. The second-order valence-corrected chi connectivity index (χ2v) is 6.84. The van der Waals surface area contributed by atoms with E-state index in [1.54, 1.807) is 55.6 Å². The predicted molar refractivity (Wildman–Crippen MR) is 109 cm³/mol. The Morgan fingerprint density at radius 2 is 1.61 bits per heavy atom. The fourth-order valence-electron chi connectivity index (χ4n) is 2.82. The first-order chi connectivity index (χ1) is 13.5. The van der Waals surface area contributed by atoms with E-state index in [4.69, 9.17) is 14.2 Å². The van der Waals surface area contributed by atoms with E-state index in [1.807, 2.05) is 6.92 Å². The molecule has 0 saturated carbocycles. The van der Waals surface area contributed by atoms with E-state index in [-0.39, 0.29) is 6.10 Å². The number of hydrogen-bond donors (Lipinski definition) is 1. The molecule has 1 N–H and O–H groups in total. The Bertz CT molecular complexity index is 709. The molecule has 2 aromatic carbocycles. The summed E-state index contributed by atoms with van der Waals surface area (Å²) >= 11 is 0. The van der Waals surface area contributed by atoms with E-state index in [0.717, 1.165) is 12.8 Å². The molecule has 28 heavy (non-hydrogen) atoms. The van der Waals surface area contributed by atoms with Crippen LogP contribution >= 0.6 is 0 Å². The molecule has 2 rings (SSSR count). The Morgan fingerprint density at radius 3 is 2.21 bits per heavy atom. The lowest BCUT2D eigenvalue weighted by atomic mass is 10.1. The molecule has 5 heteroatoms. The minimum Gasteiger partial charge on any atom is -0.497 e. The Kier molecular flexibility index (Phi) is 8.98. The van der Waals surface area contributed by atoms with Gasteiger partial charge in [-0.3, -0.25) is 0 Å². The standard InChI is InChI=1S/C23H30O5/c1-4-5-6-7-8-17(2)27-22(24)18-11-15-21(16-12-18)28-23(25)19-9-13-20(26-3)14-10-19/h9-17,22,24H,4-8H2,1-3H3. The number of rotatable bonds is 11. The summed E-state index contributed by atoms with van der Waals surface area (Å²) in [6.07, 6.45) is 4.64. The summed E-state index contributed by atoms with van der Waals surface area (Å²) in [7, 11) is 1.57. The molecule has 0 fully saturated rings. The van der Waals surface area contributed by atoms with Crippen LogP contribution in [0.25, 0.3) is 0 Å². The van der Waals surface area contributed by atoms with Crippen molar-refractivity contribution in [1.82, 2.24) is 0 Å². The van der Waals surface area contributed by atoms with Gasteiger partial charge in [-0.15, -0.1) is 0 Å². The van der Waals surface area contributed by atoms with E-state index in [1.165, 1.54) is 19.3 Å². The van der Waals surface area contributed by atoms with Crippen molar-refractivity contribution in [2.75, 3.05) is 7.11 Å². The fraction of sp³-hybridized carbons (Fsp3) is 0.435. The molecule has 2 aromatic rings. The Labute approximate surface area is 167 Å². The molecule has 0 saturated heterocycles. The van der Waals surface area contributed by atoms with E-state index in [2.05, 4.69) is 6.92 Å². The maximum Gasteiger partial charge on any atom is 0.343 e. The maximum absolute atomic E-state index is 12.2. The van der Waals surface area contributed by atoms with Crippen molar-refractivity contribution in [2.45, 2.75) is 58.3 Å². The molecule has 0 heterocycles. The first-order valence-electron chi connectivity index (χ1n) is 9.83. The van der Waals surface area contributed by atoms with Gasteiger partial charge in [-0.25, -0.2) is 4.79 Å². The van der Waals surface area contributed by atoms with Gasteiger partial charge < -0.3 is 19.3 Å². The first kappa shape index (κ1) is 21.9. The van der Waals surface area contributed by atoms with E-state index < -0.39 is 12.3 Å². The molecule has 152 valence electrons. The van der Waals surface area contributed by atoms with E-state index >= 15 is 0 Å². The smallest absolute Gasteiger partial charge is 0.343 e. The molecule has 2 atom stereocenters. The van der Waals surface area contributed by atoms with Gasteiger partial charge in [-0.2, -0.15) is 0 Å². The third kappa shape index (κ3) is 6.98. The van der Waals surface area contributed by atoms with Crippen LogP contribution in [0, 0.1) is 0 Å². The van der Waals surface area contributed by atoms with Crippen molar-refractivity contribution in [3.63, 3.8) is 0 Å². The number of benzene rings is 2. The molecule has 2 unspecified atom stereocenters. The van der Waals surface area contributed by atoms with Gasteiger partial charge in [-0.05, 0) is 49.7 Å². The molecule has 0 amide bonds. The third-order valence-electron chi connectivity index (χ3n) is 4.53. The summed E-state index contributed by atoms with van der Waals surface area (Å²) in [4.78, 5) is 12.2. The van der Waals surface area contributed by atoms with Crippen molar-refractivity contribution in [3.8, 4) is 11.5 Å². The number of ether oxygens (including phenoxy) is 3. The zero-order chi connectivity index (χ0) is 20.4. The Balaban J connectivity index is 1.85. The van der Waals surface area contributed by atoms with Crippen LogP contribution in [0.5, 0.6) is 11.5 Å². The number of carbonyl (C=O) groups is 1. The number of esters is 1. The monoisotopic (exact) mass is 386 g/mol. The topological polar surface area (TPSA) is 65.0 Å². The van der Waals surface area contributed by atoms with Gasteiger partial charge in [0.1, 0.15) is 11.5 Å². The quantitative estimate of drug-likeness (QED) is 0.246. The van der Waals surface area contributed by atoms with Crippen LogP contribution in [0.15, 0.2) is 48.5 Å². The summed E-state index contributed by atoms with van der Waals surface area (Å²) in [6, 6.07) is 13.4. The van der Waals surface area contributed by atoms with Crippen LogP contribution < -0.4 is 9.47 Å². The highest BCUT2D eigenvalue weighted by atomic mass is 16.6. The van der Waals surface area contributed by atoms with Crippen LogP contribution in [0.3, 0.4) is 0 Å². The van der Waals surface area contributed by atoms with Crippen molar-refractivity contribution in [1.29, 1.82) is 0 Å². The van der Waals surface area contributed by atoms with Gasteiger partial charge in [0.25, 0.3) is 0 Å². The molecule has 0 spiro atoms. The number of aliphatic hydroxyl groups excluding tert-OH is 1. The molecule has 0 aromatic heterocycles. The number of carbonyl (C=O) groups excluding carboxylic acids is 1. The summed E-state index contributed by atoms with van der Waals surface area (Å²) in [5.41, 5.74) is 1.06. The van der Waals surface area contributed by atoms with Gasteiger partial charge in [-0.1, -0.05) is 44.7 Å². The van der Waals surface area contributed by atoms with Gasteiger partial charge in [0, 0.05) is 5.56 Å². The van der Waals surface area contributed by atoms with Gasteiger partial charge >= 0.3 is 5.97 Å². The summed E-state index contributed by atoms with van der Waals surface area (Å²) in [6.45, 7) is 4.15. The lowest BCUT2D eigenvalue weighted by Crippen LogP contribution is -2.13. The third-order valence-corrected chi connectivity index (χ3v) is 4.53. The lowest BCUT2D eigenvalue weighted by Gasteiger charge is -2.18. The second kappa shape index (κ2) is 11.5. The van der Waals surface area contributed by atoms with Crippen LogP contribution in [0.4, 0.5) is 0 Å². The fourth-order valence-corrected chi connectivity index (χ4v) is 2.82.